The van der Waals surface area contributed by atoms with Crippen LogP contribution in [0.5, 0.6) is 0 Å². The number of azo groups is 2. The molecule has 90 valence electrons. The highest BCUT2D eigenvalue weighted by Gasteiger charge is 2.15. The highest BCUT2D eigenvalue weighted by molar-refractivity contribution is 5.97. The normalized spacial score (nSPS) is 14.8. The maximum atomic E-state index is 10.8. The minimum absolute atomic E-state index is 0.0122. The summed E-state index contributed by atoms with van der Waals surface area (Å²) >= 11 is 0. The number of hydrogen-bond acceptors (Lipinski definition) is 6. The number of amidine groups is 1. The van der Waals surface area contributed by atoms with Crippen molar-refractivity contribution in [1.82, 2.24) is 0 Å². The fourth-order valence-corrected chi connectivity index (χ4v) is 1.23. The maximum Gasteiger partial charge on any atom is 0.335 e. The van der Waals surface area contributed by atoms with E-state index in [4.69, 9.17) is 16.2 Å². The van der Waals surface area contributed by atoms with E-state index in [0.717, 1.165) is 0 Å². The van der Waals surface area contributed by atoms with E-state index in [2.05, 4.69) is 20.5 Å². The van der Waals surface area contributed by atoms with Gasteiger partial charge in [-0.1, -0.05) is 6.07 Å². The first-order valence-electron chi connectivity index (χ1n) is 4.83. The van der Waals surface area contributed by atoms with Crippen molar-refractivity contribution in [3.05, 3.63) is 41.3 Å². The summed E-state index contributed by atoms with van der Waals surface area (Å²) in [5, 5.41) is 30.6. The van der Waals surface area contributed by atoms with Gasteiger partial charge in [0.1, 0.15) is 0 Å². The smallest absolute Gasteiger partial charge is 0.335 e. The van der Waals surface area contributed by atoms with E-state index in [1.165, 1.54) is 12.1 Å². The predicted octanol–water partition coefficient (Wildman–Crippen LogP) is 2.04. The van der Waals surface area contributed by atoms with Crippen LogP contribution in [0.4, 0.5) is 5.69 Å². The topological polar surface area (TPSA) is 137 Å². The fourth-order valence-electron chi connectivity index (χ4n) is 1.23. The Morgan fingerprint density at radius 1 is 1.33 bits per heavy atom. The summed E-state index contributed by atoms with van der Waals surface area (Å²) in [6.45, 7) is 0. The standard InChI is InChI=1S/C10H8N6O2/c11-8-7(9(12)16-15-8)14-13-6-3-1-2-5(4-6)10(17)18/h1-4,11H,12H2,(H,17,18). The second kappa shape index (κ2) is 4.53. The van der Waals surface area contributed by atoms with E-state index in [9.17, 15) is 4.79 Å². The minimum Gasteiger partial charge on any atom is -0.478 e. The van der Waals surface area contributed by atoms with Gasteiger partial charge in [0.05, 0.1) is 11.3 Å². The van der Waals surface area contributed by atoms with Crippen LogP contribution in [-0.4, -0.2) is 16.9 Å². The molecule has 0 aliphatic carbocycles. The number of aromatic carboxylic acids is 1. The molecule has 0 saturated carbocycles. The molecule has 0 aromatic heterocycles. The van der Waals surface area contributed by atoms with Crippen molar-refractivity contribution in [1.29, 1.82) is 5.41 Å². The van der Waals surface area contributed by atoms with Gasteiger partial charge in [-0.2, -0.15) is 5.11 Å². The summed E-state index contributed by atoms with van der Waals surface area (Å²) in [5.74, 6) is -1.21. The average Bonchev–Trinajstić information content (AvgIpc) is 2.67. The van der Waals surface area contributed by atoms with Crippen LogP contribution in [0.25, 0.3) is 0 Å². The number of carboxylic acid groups (broad SMARTS) is 1. The summed E-state index contributed by atoms with van der Waals surface area (Å²) in [6, 6.07) is 5.93. The van der Waals surface area contributed by atoms with Gasteiger partial charge < -0.3 is 10.8 Å². The molecule has 0 amide bonds. The molecule has 8 nitrogen and oxygen atoms in total. The SMILES string of the molecule is N=C1N=NC(N)=C1N=Nc1cccc(C(=O)O)c1. The minimum atomic E-state index is -1.05. The Labute approximate surface area is 101 Å². The highest BCUT2D eigenvalue weighted by Crippen LogP contribution is 2.19. The van der Waals surface area contributed by atoms with Gasteiger partial charge >= 0.3 is 5.97 Å². The molecule has 0 atom stereocenters. The molecular weight excluding hydrogens is 236 g/mol. The molecule has 0 spiro atoms. The zero-order valence-corrected chi connectivity index (χ0v) is 9.03. The van der Waals surface area contributed by atoms with Crippen molar-refractivity contribution in [2.45, 2.75) is 0 Å². The fraction of sp³-hybridized carbons (Fsp3) is 0. The van der Waals surface area contributed by atoms with Gasteiger partial charge in [-0.3, -0.25) is 5.41 Å². The first-order valence-corrected chi connectivity index (χ1v) is 4.83. The molecule has 1 aliphatic rings. The molecule has 0 unspecified atom stereocenters. The van der Waals surface area contributed by atoms with Crippen LogP contribution in [-0.2, 0) is 0 Å². The van der Waals surface area contributed by atoms with Crippen LogP contribution < -0.4 is 5.73 Å². The Bertz CT molecular complexity index is 617. The molecule has 0 radical (unpaired) electrons. The molecule has 0 bridgehead atoms. The molecule has 8 heteroatoms. The second-order valence-electron chi connectivity index (χ2n) is 3.34. The lowest BCUT2D eigenvalue weighted by molar-refractivity contribution is 0.0697. The van der Waals surface area contributed by atoms with E-state index in [-0.39, 0.29) is 22.9 Å². The summed E-state index contributed by atoms with van der Waals surface area (Å²) < 4.78 is 0. The maximum absolute atomic E-state index is 10.8. The lowest BCUT2D eigenvalue weighted by Gasteiger charge is -1.96. The monoisotopic (exact) mass is 244 g/mol. The zero-order chi connectivity index (χ0) is 13.1. The first kappa shape index (κ1) is 11.6. The van der Waals surface area contributed by atoms with Gasteiger partial charge in [-0.05, 0) is 18.2 Å². The summed E-state index contributed by atoms with van der Waals surface area (Å²) in [6.07, 6.45) is 0. The Morgan fingerprint density at radius 2 is 2.11 bits per heavy atom. The summed E-state index contributed by atoms with van der Waals surface area (Å²) in [5.41, 5.74) is 5.95. The summed E-state index contributed by atoms with van der Waals surface area (Å²) in [4.78, 5) is 10.8. The third-order valence-corrected chi connectivity index (χ3v) is 2.08. The van der Waals surface area contributed by atoms with Gasteiger partial charge in [-0.15, -0.1) is 15.3 Å². The third kappa shape index (κ3) is 2.26. The number of benzene rings is 1. The van der Waals surface area contributed by atoms with Gasteiger partial charge in [0.25, 0.3) is 0 Å². The molecule has 0 saturated heterocycles. The van der Waals surface area contributed by atoms with Crippen molar-refractivity contribution >= 4 is 17.5 Å². The lowest BCUT2D eigenvalue weighted by atomic mass is 10.2. The van der Waals surface area contributed by atoms with Crippen LogP contribution in [0.1, 0.15) is 10.4 Å². The average molecular weight is 244 g/mol. The number of nitrogens with zero attached hydrogens (tertiary/aromatic N) is 4. The van der Waals surface area contributed by atoms with Gasteiger partial charge in [0.2, 0.25) is 0 Å². The number of nitrogens with one attached hydrogen (secondary N) is 1. The molecule has 4 N–H and O–H groups in total. The van der Waals surface area contributed by atoms with Crippen LogP contribution in [0.15, 0.2) is 56.2 Å². The second-order valence-corrected chi connectivity index (χ2v) is 3.34. The van der Waals surface area contributed by atoms with Crippen LogP contribution in [0, 0.1) is 5.41 Å². The van der Waals surface area contributed by atoms with Crippen molar-refractivity contribution in [3.8, 4) is 0 Å². The molecule has 1 heterocycles. The van der Waals surface area contributed by atoms with Crippen molar-refractivity contribution in [2.24, 2.45) is 26.2 Å². The zero-order valence-electron chi connectivity index (χ0n) is 9.03. The van der Waals surface area contributed by atoms with Crippen LogP contribution >= 0.6 is 0 Å². The number of carbonyl (C=O) groups is 1. The van der Waals surface area contributed by atoms with Gasteiger partial charge in [-0.25, -0.2) is 4.79 Å². The quantitative estimate of drug-likeness (QED) is 0.701. The molecule has 0 fully saturated rings. The summed E-state index contributed by atoms with van der Waals surface area (Å²) in [7, 11) is 0. The van der Waals surface area contributed by atoms with Gasteiger partial charge in [0.15, 0.2) is 17.4 Å². The molecule has 18 heavy (non-hydrogen) atoms. The molecule has 2 rings (SSSR count). The Hall–Kier alpha value is -2.90. The van der Waals surface area contributed by atoms with Gasteiger partial charge in [0, 0.05) is 0 Å². The molecule has 1 aromatic carbocycles. The molecule has 1 aliphatic heterocycles. The number of hydrogen-bond donors (Lipinski definition) is 3. The highest BCUT2D eigenvalue weighted by atomic mass is 16.4. The Balaban J connectivity index is 2.25. The largest absolute Gasteiger partial charge is 0.478 e. The molecular formula is C10H8N6O2. The van der Waals surface area contributed by atoms with Crippen molar-refractivity contribution in [2.75, 3.05) is 0 Å². The van der Waals surface area contributed by atoms with E-state index in [0.29, 0.717) is 5.69 Å². The number of carboxylic acids is 1. The Morgan fingerprint density at radius 3 is 2.72 bits per heavy atom. The Kier molecular flexibility index (Phi) is 2.92. The predicted molar refractivity (Wildman–Crippen MR) is 61.7 cm³/mol. The first-order chi connectivity index (χ1) is 8.58. The van der Waals surface area contributed by atoms with Crippen molar-refractivity contribution in [3.63, 3.8) is 0 Å². The molecule has 1 aromatic rings. The van der Waals surface area contributed by atoms with E-state index < -0.39 is 5.97 Å². The van der Waals surface area contributed by atoms with Crippen molar-refractivity contribution < 1.29 is 9.90 Å². The van der Waals surface area contributed by atoms with Crippen LogP contribution in [0.2, 0.25) is 0 Å². The van der Waals surface area contributed by atoms with E-state index >= 15 is 0 Å². The number of rotatable bonds is 3. The third-order valence-electron chi connectivity index (χ3n) is 2.08. The van der Waals surface area contributed by atoms with Crippen LogP contribution in [0.3, 0.4) is 0 Å². The lowest BCUT2D eigenvalue weighted by Crippen LogP contribution is -1.98. The van der Waals surface area contributed by atoms with E-state index in [1.807, 2.05) is 0 Å². The number of nitrogens with two attached hydrogens (primary N) is 1. The van der Waals surface area contributed by atoms with E-state index in [1.54, 1.807) is 12.1 Å².